The molecule has 0 bridgehead atoms. The Morgan fingerprint density at radius 1 is 1.00 bits per heavy atom. The fraction of sp³-hybridized carbons (Fsp3) is 0.250. The molecular weight excluding hydrogens is 222 g/mol. The van der Waals surface area contributed by atoms with Crippen LogP contribution in [0, 0.1) is 20.8 Å². The van der Waals surface area contributed by atoms with Crippen LogP contribution in [0.2, 0.25) is 0 Å². The molecule has 2 heteroatoms. The normalized spacial score (nSPS) is 10.4. The highest BCUT2D eigenvalue weighted by Crippen LogP contribution is 2.23. The predicted molar refractivity (Wildman–Crippen MR) is 76.1 cm³/mol. The smallest absolute Gasteiger partial charge is 0.115 e. The molecule has 0 fully saturated rings. The van der Waals surface area contributed by atoms with E-state index < -0.39 is 0 Å². The molecule has 0 saturated heterocycles. The third-order valence-electron chi connectivity index (χ3n) is 3.06. The molecule has 18 heavy (non-hydrogen) atoms. The van der Waals surface area contributed by atoms with Gasteiger partial charge >= 0.3 is 0 Å². The Bertz CT molecular complexity index is 538. The standard InChI is InChI=1S/C16H19NO/c1-11-7-12(2)16(13(3)8-11)17-10-14-5-4-6-15(18)9-14/h4-9,17-18H,10H2,1-3H3. The number of phenols is 1. The predicted octanol–water partition coefficient (Wildman–Crippen LogP) is 3.93. The van der Waals surface area contributed by atoms with E-state index in [0.29, 0.717) is 5.75 Å². The Morgan fingerprint density at radius 3 is 2.28 bits per heavy atom. The van der Waals surface area contributed by atoms with Crippen LogP contribution in [-0.2, 0) is 6.54 Å². The van der Waals surface area contributed by atoms with Crippen molar-refractivity contribution in [1.29, 1.82) is 0 Å². The maximum absolute atomic E-state index is 9.43. The van der Waals surface area contributed by atoms with Crippen molar-refractivity contribution in [2.24, 2.45) is 0 Å². The van der Waals surface area contributed by atoms with Crippen LogP contribution in [0.15, 0.2) is 36.4 Å². The van der Waals surface area contributed by atoms with Crippen molar-refractivity contribution >= 4 is 5.69 Å². The maximum Gasteiger partial charge on any atom is 0.115 e. The summed E-state index contributed by atoms with van der Waals surface area (Å²) in [5.41, 5.74) is 6.06. The summed E-state index contributed by atoms with van der Waals surface area (Å²) in [5, 5.41) is 12.9. The fourth-order valence-corrected chi connectivity index (χ4v) is 2.32. The van der Waals surface area contributed by atoms with Gasteiger partial charge in [0.1, 0.15) is 5.75 Å². The average Bonchev–Trinajstić information content (AvgIpc) is 2.27. The van der Waals surface area contributed by atoms with E-state index in [-0.39, 0.29) is 0 Å². The van der Waals surface area contributed by atoms with Gasteiger partial charge in [-0.1, -0.05) is 29.8 Å². The molecular formula is C16H19NO. The molecule has 0 heterocycles. The summed E-state index contributed by atoms with van der Waals surface area (Å²) in [6, 6.07) is 11.7. The van der Waals surface area contributed by atoms with Crippen LogP contribution in [0.25, 0.3) is 0 Å². The van der Waals surface area contributed by atoms with Crippen LogP contribution in [0.5, 0.6) is 5.75 Å². The SMILES string of the molecule is Cc1cc(C)c(NCc2cccc(O)c2)c(C)c1. The molecule has 0 radical (unpaired) electrons. The summed E-state index contributed by atoms with van der Waals surface area (Å²) in [6.07, 6.45) is 0. The van der Waals surface area contributed by atoms with Crippen molar-refractivity contribution < 1.29 is 5.11 Å². The number of phenolic OH excluding ortho intramolecular Hbond substituents is 1. The van der Waals surface area contributed by atoms with Gasteiger partial charge in [-0.15, -0.1) is 0 Å². The summed E-state index contributed by atoms with van der Waals surface area (Å²) in [7, 11) is 0. The molecule has 0 aliphatic rings. The Labute approximate surface area is 108 Å². The minimum absolute atomic E-state index is 0.312. The van der Waals surface area contributed by atoms with Gasteiger partial charge in [-0.2, -0.15) is 0 Å². The second-order valence-corrected chi connectivity index (χ2v) is 4.80. The van der Waals surface area contributed by atoms with Gasteiger partial charge in [0.15, 0.2) is 0 Å². The molecule has 0 amide bonds. The first-order valence-corrected chi connectivity index (χ1v) is 6.16. The number of benzene rings is 2. The van der Waals surface area contributed by atoms with Crippen molar-refractivity contribution in [1.82, 2.24) is 0 Å². The maximum atomic E-state index is 9.43. The van der Waals surface area contributed by atoms with Gasteiger partial charge in [-0.05, 0) is 49.6 Å². The van der Waals surface area contributed by atoms with Crippen molar-refractivity contribution in [2.45, 2.75) is 27.3 Å². The number of aryl methyl sites for hydroxylation is 3. The van der Waals surface area contributed by atoms with E-state index in [9.17, 15) is 5.11 Å². The van der Waals surface area contributed by atoms with E-state index in [1.165, 1.54) is 22.4 Å². The minimum atomic E-state index is 0.312. The highest BCUT2D eigenvalue weighted by molar-refractivity contribution is 5.58. The summed E-state index contributed by atoms with van der Waals surface area (Å²) in [4.78, 5) is 0. The first-order valence-electron chi connectivity index (χ1n) is 6.16. The van der Waals surface area contributed by atoms with E-state index in [1.807, 2.05) is 12.1 Å². The molecule has 0 aliphatic heterocycles. The molecule has 2 aromatic rings. The zero-order chi connectivity index (χ0) is 13.1. The molecule has 2 nitrogen and oxygen atoms in total. The molecule has 2 rings (SSSR count). The number of aromatic hydroxyl groups is 1. The van der Waals surface area contributed by atoms with Gasteiger partial charge in [0.25, 0.3) is 0 Å². The lowest BCUT2D eigenvalue weighted by Crippen LogP contribution is -2.03. The van der Waals surface area contributed by atoms with E-state index in [2.05, 4.69) is 38.2 Å². The van der Waals surface area contributed by atoms with Crippen LogP contribution in [0.3, 0.4) is 0 Å². The highest BCUT2D eigenvalue weighted by atomic mass is 16.3. The van der Waals surface area contributed by atoms with Crippen molar-refractivity contribution in [3.8, 4) is 5.75 Å². The van der Waals surface area contributed by atoms with Crippen molar-refractivity contribution in [3.05, 3.63) is 58.7 Å². The Morgan fingerprint density at radius 2 is 1.67 bits per heavy atom. The largest absolute Gasteiger partial charge is 0.508 e. The Kier molecular flexibility index (Phi) is 3.56. The fourth-order valence-electron chi connectivity index (χ4n) is 2.32. The molecule has 2 N–H and O–H groups in total. The zero-order valence-corrected chi connectivity index (χ0v) is 11.1. The van der Waals surface area contributed by atoms with E-state index in [0.717, 1.165) is 12.1 Å². The Balaban J connectivity index is 2.16. The zero-order valence-electron chi connectivity index (χ0n) is 11.1. The molecule has 94 valence electrons. The summed E-state index contributed by atoms with van der Waals surface area (Å²) in [5.74, 6) is 0.312. The second kappa shape index (κ2) is 5.13. The van der Waals surface area contributed by atoms with E-state index in [4.69, 9.17) is 0 Å². The van der Waals surface area contributed by atoms with Gasteiger partial charge < -0.3 is 10.4 Å². The summed E-state index contributed by atoms with van der Waals surface area (Å²) in [6.45, 7) is 7.06. The number of rotatable bonds is 3. The monoisotopic (exact) mass is 241 g/mol. The molecule has 0 aliphatic carbocycles. The van der Waals surface area contributed by atoms with Crippen LogP contribution in [0.4, 0.5) is 5.69 Å². The Hall–Kier alpha value is -1.96. The number of hydrogen-bond donors (Lipinski definition) is 2. The molecule has 0 spiro atoms. The molecule has 0 atom stereocenters. The third-order valence-corrected chi connectivity index (χ3v) is 3.06. The molecule has 2 aromatic carbocycles. The van der Waals surface area contributed by atoms with E-state index in [1.54, 1.807) is 12.1 Å². The summed E-state index contributed by atoms with van der Waals surface area (Å²) >= 11 is 0. The van der Waals surface area contributed by atoms with Gasteiger partial charge in [-0.25, -0.2) is 0 Å². The van der Waals surface area contributed by atoms with Gasteiger partial charge in [-0.3, -0.25) is 0 Å². The van der Waals surface area contributed by atoms with Crippen molar-refractivity contribution in [3.63, 3.8) is 0 Å². The lowest BCUT2D eigenvalue weighted by Gasteiger charge is -2.14. The first kappa shape index (κ1) is 12.5. The number of hydrogen-bond acceptors (Lipinski definition) is 2. The van der Waals surface area contributed by atoms with Gasteiger partial charge in [0.2, 0.25) is 0 Å². The average molecular weight is 241 g/mol. The van der Waals surface area contributed by atoms with Crippen LogP contribution in [0.1, 0.15) is 22.3 Å². The molecule has 0 aromatic heterocycles. The first-order chi connectivity index (χ1) is 8.56. The molecule has 0 saturated carbocycles. The number of nitrogens with one attached hydrogen (secondary N) is 1. The van der Waals surface area contributed by atoms with Gasteiger partial charge in [0, 0.05) is 12.2 Å². The second-order valence-electron chi connectivity index (χ2n) is 4.80. The quantitative estimate of drug-likeness (QED) is 0.853. The van der Waals surface area contributed by atoms with Crippen LogP contribution in [-0.4, -0.2) is 5.11 Å². The van der Waals surface area contributed by atoms with Crippen LogP contribution >= 0.6 is 0 Å². The third kappa shape index (κ3) is 2.83. The topological polar surface area (TPSA) is 32.3 Å². The summed E-state index contributed by atoms with van der Waals surface area (Å²) < 4.78 is 0. The molecule has 0 unspecified atom stereocenters. The van der Waals surface area contributed by atoms with Crippen molar-refractivity contribution in [2.75, 3.05) is 5.32 Å². The van der Waals surface area contributed by atoms with Crippen LogP contribution < -0.4 is 5.32 Å². The van der Waals surface area contributed by atoms with Gasteiger partial charge in [0.05, 0.1) is 0 Å². The lowest BCUT2D eigenvalue weighted by molar-refractivity contribution is 0.474. The number of anilines is 1. The lowest BCUT2D eigenvalue weighted by atomic mass is 10.0. The minimum Gasteiger partial charge on any atom is -0.508 e. The highest BCUT2D eigenvalue weighted by Gasteiger charge is 2.03. The van der Waals surface area contributed by atoms with E-state index >= 15 is 0 Å².